The summed E-state index contributed by atoms with van der Waals surface area (Å²) in [7, 11) is -3.98. The quantitative estimate of drug-likeness (QED) is 0.650. The molecule has 7 heteroatoms. The van der Waals surface area contributed by atoms with Gasteiger partial charge in [-0.3, -0.25) is 4.18 Å². The minimum absolute atomic E-state index is 0.00417. The molecule has 2 heterocycles. The second-order valence-corrected chi connectivity index (χ2v) is 7.45. The third-order valence-corrected chi connectivity index (χ3v) is 5.45. The number of nitrogens with one attached hydrogen (secondary N) is 1. The molecule has 120 valence electrons. The first-order chi connectivity index (χ1) is 10.7. The lowest BCUT2D eigenvalue weighted by atomic mass is 9.93. The van der Waals surface area contributed by atoms with Crippen molar-refractivity contribution < 1.29 is 12.6 Å². The largest absolute Gasteiger partial charge is 0.383 e. The molecule has 0 atom stereocenters. The number of nitrogen functional groups attached to an aromatic ring is 1. The van der Waals surface area contributed by atoms with Crippen molar-refractivity contribution in [3.05, 3.63) is 41.1 Å². The average Bonchev–Trinajstić information content (AvgIpc) is 2.63. The van der Waals surface area contributed by atoms with E-state index in [0.29, 0.717) is 11.1 Å². The Morgan fingerprint density at radius 2 is 1.96 bits per heavy atom. The summed E-state index contributed by atoms with van der Waals surface area (Å²) in [6.45, 7) is 5.14. The summed E-state index contributed by atoms with van der Waals surface area (Å²) in [5, 5.41) is 7.66. The van der Waals surface area contributed by atoms with Crippen molar-refractivity contribution in [2.45, 2.75) is 31.3 Å². The van der Waals surface area contributed by atoms with Crippen LogP contribution in [-0.4, -0.2) is 19.6 Å². The average molecular weight is 331 g/mol. The van der Waals surface area contributed by atoms with Crippen molar-refractivity contribution in [1.29, 1.82) is 5.41 Å². The second-order valence-electron chi connectivity index (χ2n) is 5.97. The van der Waals surface area contributed by atoms with Crippen LogP contribution in [0.2, 0.25) is 0 Å². The molecule has 0 radical (unpaired) electrons. The molecule has 2 aromatic rings. The Balaban J connectivity index is 2.55. The van der Waals surface area contributed by atoms with E-state index < -0.39 is 15.7 Å². The van der Waals surface area contributed by atoms with E-state index in [0.717, 1.165) is 11.8 Å². The monoisotopic (exact) mass is 331 g/mol. The highest BCUT2D eigenvalue weighted by Gasteiger charge is 2.46. The molecule has 0 unspecified atom stereocenters. The number of hydrogen-bond acceptors (Lipinski definition) is 6. The number of fused-ring (bicyclic) bond motifs is 1. The third-order valence-electron chi connectivity index (χ3n) is 3.92. The predicted molar refractivity (Wildman–Crippen MR) is 88.0 cm³/mol. The van der Waals surface area contributed by atoms with E-state index in [1.165, 1.54) is 0 Å². The molecular weight excluding hydrogens is 314 g/mol. The smallest absolute Gasteiger partial charge is 0.300 e. The minimum atomic E-state index is -3.98. The van der Waals surface area contributed by atoms with Gasteiger partial charge in [-0.05, 0) is 31.9 Å². The SMILES string of the molecule is Cc1ccccc1-c1c(C=N)c(N)nc2c1S(=O)(=O)OC2(C)C. The van der Waals surface area contributed by atoms with Crippen molar-refractivity contribution in [2.24, 2.45) is 0 Å². The molecular formula is C16H17N3O3S. The maximum Gasteiger partial charge on any atom is 0.300 e. The summed E-state index contributed by atoms with van der Waals surface area (Å²) >= 11 is 0. The van der Waals surface area contributed by atoms with Gasteiger partial charge in [0.1, 0.15) is 16.3 Å². The maximum atomic E-state index is 12.6. The van der Waals surface area contributed by atoms with Gasteiger partial charge in [-0.2, -0.15) is 8.42 Å². The van der Waals surface area contributed by atoms with E-state index >= 15 is 0 Å². The summed E-state index contributed by atoms with van der Waals surface area (Å²) in [4.78, 5) is 4.22. The van der Waals surface area contributed by atoms with Gasteiger partial charge in [-0.15, -0.1) is 0 Å². The summed E-state index contributed by atoms with van der Waals surface area (Å²) in [5.41, 5.74) is 7.40. The summed E-state index contributed by atoms with van der Waals surface area (Å²) in [6, 6.07) is 7.35. The zero-order chi connectivity index (χ0) is 17.0. The van der Waals surface area contributed by atoms with Crippen LogP contribution in [0.1, 0.15) is 30.7 Å². The number of aryl methyl sites for hydroxylation is 1. The van der Waals surface area contributed by atoms with E-state index in [-0.39, 0.29) is 22.0 Å². The highest BCUT2D eigenvalue weighted by Crippen LogP contribution is 2.47. The number of benzene rings is 1. The van der Waals surface area contributed by atoms with Crippen LogP contribution in [0.3, 0.4) is 0 Å². The van der Waals surface area contributed by atoms with Gasteiger partial charge in [0.25, 0.3) is 10.1 Å². The van der Waals surface area contributed by atoms with Crippen LogP contribution in [0.4, 0.5) is 5.82 Å². The van der Waals surface area contributed by atoms with E-state index in [2.05, 4.69) is 4.98 Å². The van der Waals surface area contributed by atoms with Gasteiger partial charge in [-0.1, -0.05) is 24.3 Å². The molecule has 0 fully saturated rings. The second kappa shape index (κ2) is 4.87. The van der Waals surface area contributed by atoms with Gasteiger partial charge in [0, 0.05) is 17.3 Å². The number of nitrogens with two attached hydrogens (primary N) is 1. The molecule has 3 rings (SSSR count). The van der Waals surface area contributed by atoms with E-state index in [1.807, 2.05) is 25.1 Å². The molecule has 0 aliphatic carbocycles. The van der Waals surface area contributed by atoms with Gasteiger partial charge in [0.15, 0.2) is 0 Å². The van der Waals surface area contributed by atoms with E-state index in [9.17, 15) is 8.42 Å². The molecule has 1 aliphatic rings. The lowest BCUT2D eigenvalue weighted by Gasteiger charge is -2.17. The molecule has 0 bridgehead atoms. The maximum absolute atomic E-state index is 12.6. The molecule has 1 aliphatic heterocycles. The molecule has 1 aromatic carbocycles. The van der Waals surface area contributed by atoms with Gasteiger partial charge in [0.05, 0.1) is 5.69 Å². The Kier molecular flexibility index (Phi) is 3.31. The van der Waals surface area contributed by atoms with Crippen molar-refractivity contribution >= 4 is 22.2 Å². The fourth-order valence-electron chi connectivity index (χ4n) is 2.87. The predicted octanol–water partition coefficient (Wildman–Crippen LogP) is 2.59. The summed E-state index contributed by atoms with van der Waals surface area (Å²) < 4.78 is 30.4. The van der Waals surface area contributed by atoms with Crippen molar-refractivity contribution in [3.8, 4) is 11.1 Å². The van der Waals surface area contributed by atoms with Crippen LogP contribution in [0.15, 0.2) is 29.2 Å². The van der Waals surface area contributed by atoms with Crippen LogP contribution in [0.25, 0.3) is 11.1 Å². The fraction of sp³-hybridized carbons (Fsp3) is 0.250. The van der Waals surface area contributed by atoms with Gasteiger partial charge >= 0.3 is 0 Å². The van der Waals surface area contributed by atoms with E-state index in [1.54, 1.807) is 19.9 Å². The van der Waals surface area contributed by atoms with Crippen LogP contribution >= 0.6 is 0 Å². The molecule has 1 aromatic heterocycles. The van der Waals surface area contributed by atoms with Crippen LogP contribution < -0.4 is 5.73 Å². The summed E-state index contributed by atoms with van der Waals surface area (Å²) in [6.07, 6.45) is 1.03. The van der Waals surface area contributed by atoms with Gasteiger partial charge in [0.2, 0.25) is 0 Å². The van der Waals surface area contributed by atoms with Crippen molar-refractivity contribution in [1.82, 2.24) is 4.98 Å². The Morgan fingerprint density at radius 1 is 1.30 bits per heavy atom. The zero-order valence-electron chi connectivity index (χ0n) is 13.0. The normalized spacial score (nSPS) is 17.7. The van der Waals surface area contributed by atoms with E-state index in [4.69, 9.17) is 15.3 Å². The zero-order valence-corrected chi connectivity index (χ0v) is 13.9. The first-order valence-electron chi connectivity index (χ1n) is 7.05. The minimum Gasteiger partial charge on any atom is -0.383 e. The lowest BCUT2D eigenvalue weighted by Crippen LogP contribution is -2.18. The van der Waals surface area contributed by atoms with Crippen LogP contribution in [0, 0.1) is 12.3 Å². The van der Waals surface area contributed by atoms with Gasteiger partial charge in [-0.25, -0.2) is 4.98 Å². The number of rotatable bonds is 2. The van der Waals surface area contributed by atoms with Crippen molar-refractivity contribution in [2.75, 3.05) is 5.73 Å². The molecule has 0 amide bonds. The lowest BCUT2D eigenvalue weighted by molar-refractivity contribution is 0.128. The molecule has 0 saturated heterocycles. The third kappa shape index (κ3) is 2.24. The number of aromatic nitrogens is 1. The number of nitrogens with zero attached hydrogens (tertiary/aromatic N) is 1. The summed E-state index contributed by atoms with van der Waals surface area (Å²) in [5.74, 6) is 0.116. The Bertz CT molecular complexity index is 934. The Labute approximate surface area is 135 Å². The molecule has 23 heavy (non-hydrogen) atoms. The number of anilines is 1. The molecule has 0 spiro atoms. The first kappa shape index (κ1) is 15.6. The molecule has 6 nitrogen and oxygen atoms in total. The van der Waals surface area contributed by atoms with Crippen molar-refractivity contribution in [3.63, 3.8) is 0 Å². The number of hydrogen-bond donors (Lipinski definition) is 2. The van der Waals surface area contributed by atoms with Gasteiger partial charge < -0.3 is 11.1 Å². The van der Waals surface area contributed by atoms with Crippen LogP contribution in [0.5, 0.6) is 0 Å². The first-order valence-corrected chi connectivity index (χ1v) is 8.46. The molecule has 3 N–H and O–H groups in total. The number of pyridine rings is 1. The Hall–Kier alpha value is -2.25. The topological polar surface area (TPSA) is 106 Å². The highest BCUT2D eigenvalue weighted by atomic mass is 32.2. The highest BCUT2D eigenvalue weighted by molar-refractivity contribution is 7.87. The Morgan fingerprint density at radius 3 is 2.57 bits per heavy atom. The standard InChI is InChI=1S/C16H17N3O3S/c1-9-6-4-5-7-10(9)12-11(8-17)15(18)19-14-13(12)23(20,21)22-16(14,2)3/h4-8,17H,1-3H3,(H2,18,19). The fourth-order valence-corrected chi connectivity index (χ4v) is 4.58. The molecule has 0 saturated carbocycles. The van der Waals surface area contributed by atoms with Crippen LogP contribution in [-0.2, 0) is 19.9 Å².